The van der Waals surface area contributed by atoms with Gasteiger partial charge in [0.15, 0.2) is 0 Å². The van der Waals surface area contributed by atoms with Crippen LogP contribution in [0.2, 0.25) is 0 Å². The van der Waals surface area contributed by atoms with Gasteiger partial charge in [0.1, 0.15) is 19.3 Å². The highest BCUT2D eigenvalue weighted by atomic mass is 31.2. The van der Waals surface area contributed by atoms with Gasteiger partial charge in [0.2, 0.25) is 5.91 Å². The Bertz CT molecular complexity index is 1380. The second-order valence-corrected chi connectivity index (χ2v) is 26.1. The molecule has 0 saturated heterocycles. The summed E-state index contributed by atoms with van der Waals surface area (Å²) in [4.78, 5) is 40.0. The summed E-state index contributed by atoms with van der Waals surface area (Å²) >= 11 is 0. The van der Waals surface area contributed by atoms with Crippen LogP contribution in [0.1, 0.15) is 348 Å². The number of carbonyl (C=O) groups excluding carboxylic acids is 2. The molecule has 1 amide bonds. The predicted octanol–water partition coefficient (Wildman–Crippen LogP) is 20.7. The number of hydrogen-bond acceptors (Lipinski definition) is 7. The van der Waals surface area contributed by atoms with E-state index in [-0.39, 0.29) is 31.5 Å². The first-order valence-corrected chi connectivity index (χ1v) is 35.6. The van der Waals surface area contributed by atoms with Crippen LogP contribution in [0, 0.1) is 0 Å². The molecular weight excluding hydrogens is 988 g/mol. The van der Waals surface area contributed by atoms with Gasteiger partial charge >= 0.3 is 5.97 Å². The van der Waals surface area contributed by atoms with Gasteiger partial charge in [-0.05, 0) is 57.4 Å². The molecule has 462 valence electrons. The minimum Gasteiger partial charge on any atom is -0.756 e. The quantitative estimate of drug-likeness (QED) is 0.0212. The van der Waals surface area contributed by atoms with Crippen molar-refractivity contribution in [2.45, 2.75) is 360 Å². The molecule has 10 heteroatoms. The van der Waals surface area contributed by atoms with Crippen LogP contribution in [0.15, 0.2) is 24.3 Å². The lowest BCUT2D eigenvalue weighted by molar-refractivity contribution is -0.870. The number of nitrogens with one attached hydrogen (secondary N) is 1. The molecule has 0 rings (SSSR count). The summed E-state index contributed by atoms with van der Waals surface area (Å²) in [5.41, 5.74) is 0. The molecule has 3 unspecified atom stereocenters. The van der Waals surface area contributed by atoms with Crippen molar-refractivity contribution in [3.63, 3.8) is 0 Å². The highest BCUT2D eigenvalue weighted by Crippen LogP contribution is 2.38. The monoisotopic (exact) mass is 1120 g/mol. The maximum absolute atomic E-state index is 13.6. The van der Waals surface area contributed by atoms with Gasteiger partial charge in [0.25, 0.3) is 7.82 Å². The molecule has 0 aliphatic rings. The SMILES string of the molecule is CCCCCCCC/C=C/CCCCCCCCCCCCCCCCCCCC(=O)NC(COP(=O)([O-])OCC[N+](C)(C)C)C(/C=C\CCCCCCCCCCC)OC(=O)CCCCCCCCCCCCCCCC. The fourth-order valence-electron chi connectivity index (χ4n) is 10.3. The fraction of sp³-hybridized carbons (Fsp3) is 0.912. The zero-order chi connectivity index (χ0) is 57.2. The number of carbonyl (C=O) groups is 2. The van der Waals surface area contributed by atoms with Gasteiger partial charge in [-0.1, -0.05) is 302 Å². The van der Waals surface area contributed by atoms with Crippen molar-refractivity contribution >= 4 is 19.7 Å². The van der Waals surface area contributed by atoms with E-state index in [1.807, 2.05) is 33.3 Å². The summed E-state index contributed by atoms with van der Waals surface area (Å²) in [5, 5.41) is 3.04. The van der Waals surface area contributed by atoms with E-state index in [1.165, 1.54) is 257 Å². The molecule has 0 saturated carbocycles. The van der Waals surface area contributed by atoms with E-state index in [2.05, 4.69) is 38.2 Å². The van der Waals surface area contributed by atoms with Crippen LogP contribution >= 0.6 is 7.82 Å². The number of amides is 1. The van der Waals surface area contributed by atoms with E-state index in [0.717, 1.165) is 57.8 Å². The molecule has 78 heavy (non-hydrogen) atoms. The summed E-state index contributed by atoms with van der Waals surface area (Å²) in [6, 6.07) is -0.881. The first-order chi connectivity index (χ1) is 37.9. The van der Waals surface area contributed by atoms with Crippen LogP contribution in [0.5, 0.6) is 0 Å². The molecule has 9 nitrogen and oxygen atoms in total. The molecule has 0 fully saturated rings. The van der Waals surface area contributed by atoms with Crippen molar-refractivity contribution in [1.29, 1.82) is 0 Å². The molecule has 0 spiro atoms. The van der Waals surface area contributed by atoms with Crippen molar-refractivity contribution in [3.8, 4) is 0 Å². The third kappa shape index (κ3) is 59.1. The third-order valence-corrected chi connectivity index (χ3v) is 16.6. The Morgan fingerprint density at radius 2 is 0.744 bits per heavy atom. The van der Waals surface area contributed by atoms with Gasteiger partial charge < -0.3 is 28.5 Å². The minimum absolute atomic E-state index is 0.0179. The Hall–Kier alpha value is -1.51. The number of allylic oxidation sites excluding steroid dienone is 3. The summed E-state index contributed by atoms with van der Waals surface area (Å²) < 4.78 is 30.4. The van der Waals surface area contributed by atoms with Crippen molar-refractivity contribution < 1.29 is 37.3 Å². The Labute approximate surface area is 485 Å². The molecular formula is C68H133N2O7P. The van der Waals surface area contributed by atoms with Crippen LogP contribution in [-0.2, 0) is 27.9 Å². The van der Waals surface area contributed by atoms with Crippen LogP contribution in [0.25, 0.3) is 0 Å². The van der Waals surface area contributed by atoms with Gasteiger partial charge in [0, 0.05) is 12.8 Å². The van der Waals surface area contributed by atoms with Crippen molar-refractivity contribution in [1.82, 2.24) is 5.32 Å². The number of hydrogen-bond donors (Lipinski definition) is 1. The molecule has 0 bridgehead atoms. The summed E-state index contributed by atoms with van der Waals surface area (Å²) in [5.74, 6) is -0.521. The van der Waals surface area contributed by atoms with Crippen LogP contribution < -0.4 is 10.2 Å². The van der Waals surface area contributed by atoms with Crippen molar-refractivity contribution in [3.05, 3.63) is 24.3 Å². The van der Waals surface area contributed by atoms with E-state index in [9.17, 15) is 19.0 Å². The second-order valence-electron chi connectivity index (χ2n) is 24.7. The Morgan fingerprint density at radius 3 is 1.09 bits per heavy atom. The van der Waals surface area contributed by atoms with Crippen molar-refractivity contribution in [2.75, 3.05) is 40.9 Å². The first-order valence-electron chi connectivity index (χ1n) is 34.1. The smallest absolute Gasteiger partial charge is 0.306 e. The number of quaternary nitrogens is 1. The van der Waals surface area contributed by atoms with Crippen LogP contribution in [0.4, 0.5) is 0 Å². The zero-order valence-electron chi connectivity index (χ0n) is 52.9. The van der Waals surface area contributed by atoms with Gasteiger partial charge in [-0.3, -0.25) is 14.2 Å². The minimum atomic E-state index is -4.69. The standard InChI is InChI=1S/C68H133N2O7P/c1-7-10-13-16-19-22-25-27-29-30-31-32-33-34-35-36-37-38-39-40-41-42-45-48-51-54-57-60-67(71)69-65(64-76-78(73,74)75-63-62-70(4,5)6)66(59-56-53-50-47-44-24-21-18-15-12-9-3)77-68(72)61-58-55-52-49-46-43-28-26-23-20-17-14-11-8-2/h27,29,56,59,65-66H,7-26,28,30-55,57-58,60-64H2,1-6H3,(H-,69,71,73,74)/b29-27+,59-56-. The van der Waals surface area contributed by atoms with Gasteiger partial charge in [-0.15, -0.1) is 0 Å². The lowest BCUT2D eigenvalue weighted by atomic mass is 10.0. The molecule has 0 aliphatic carbocycles. The summed E-state index contributed by atoms with van der Waals surface area (Å²) in [7, 11) is 1.20. The molecule has 0 radical (unpaired) electrons. The average Bonchev–Trinajstić information content (AvgIpc) is 3.41. The fourth-order valence-corrected chi connectivity index (χ4v) is 11.1. The number of esters is 1. The zero-order valence-corrected chi connectivity index (χ0v) is 53.8. The molecule has 0 aromatic carbocycles. The van der Waals surface area contributed by atoms with E-state index in [4.69, 9.17) is 13.8 Å². The normalized spacial score (nSPS) is 13.7. The number of nitrogens with zero attached hydrogens (tertiary/aromatic N) is 1. The number of phosphoric ester groups is 1. The lowest BCUT2D eigenvalue weighted by Gasteiger charge is -2.30. The molecule has 1 N–H and O–H groups in total. The van der Waals surface area contributed by atoms with Crippen LogP contribution in [-0.4, -0.2) is 69.4 Å². The average molecular weight is 1120 g/mol. The highest BCUT2D eigenvalue weighted by molar-refractivity contribution is 7.45. The topological polar surface area (TPSA) is 114 Å². The summed E-state index contributed by atoms with van der Waals surface area (Å²) in [6.45, 7) is 6.89. The van der Waals surface area contributed by atoms with Gasteiger partial charge in [0.05, 0.1) is 33.8 Å². The first kappa shape index (κ1) is 76.5. The lowest BCUT2D eigenvalue weighted by Crippen LogP contribution is -2.47. The molecule has 0 heterocycles. The number of phosphoric acid groups is 1. The maximum atomic E-state index is 13.6. The number of rotatable bonds is 63. The molecule has 0 aromatic heterocycles. The van der Waals surface area contributed by atoms with E-state index in [0.29, 0.717) is 17.4 Å². The number of unbranched alkanes of at least 4 members (excludes halogenated alkanes) is 45. The van der Waals surface area contributed by atoms with Gasteiger partial charge in [-0.25, -0.2) is 0 Å². The number of likely N-dealkylation sites (N-methyl/N-ethyl adjacent to an activating group) is 1. The third-order valence-electron chi connectivity index (χ3n) is 15.6. The van der Waals surface area contributed by atoms with E-state index >= 15 is 0 Å². The van der Waals surface area contributed by atoms with Gasteiger partial charge in [-0.2, -0.15) is 0 Å². The Kier molecular flexibility index (Phi) is 57.5. The maximum Gasteiger partial charge on any atom is 0.306 e. The Morgan fingerprint density at radius 1 is 0.436 bits per heavy atom. The van der Waals surface area contributed by atoms with Crippen LogP contribution in [0.3, 0.4) is 0 Å². The van der Waals surface area contributed by atoms with E-state index in [1.54, 1.807) is 0 Å². The summed E-state index contributed by atoms with van der Waals surface area (Å²) in [6.07, 6.45) is 70.2. The molecule has 3 atom stereocenters. The predicted molar refractivity (Wildman–Crippen MR) is 335 cm³/mol. The largest absolute Gasteiger partial charge is 0.756 e. The second kappa shape index (κ2) is 58.7. The number of ether oxygens (including phenoxy) is 1. The Balaban J connectivity index is 4.93. The highest BCUT2D eigenvalue weighted by Gasteiger charge is 2.27. The van der Waals surface area contributed by atoms with E-state index < -0.39 is 20.0 Å². The van der Waals surface area contributed by atoms with Crippen molar-refractivity contribution in [2.24, 2.45) is 0 Å². The molecule has 0 aliphatic heterocycles. The molecule has 0 aromatic rings.